The van der Waals surface area contributed by atoms with Crippen LogP contribution in [-0.4, -0.2) is 10.2 Å². The van der Waals surface area contributed by atoms with E-state index in [4.69, 9.17) is 10.2 Å². The smallest absolute Gasteiger partial charge is 0.237 e. The van der Waals surface area contributed by atoms with Gasteiger partial charge in [-0.15, -0.1) is 21.5 Å². The van der Waals surface area contributed by atoms with Crippen LogP contribution in [0.2, 0.25) is 0 Å². The van der Waals surface area contributed by atoms with Gasteiger partial charge in [0.1, 0.15) is 6.04 Å². The largest absolute Gasteiger partial charge is 0.423 e. The number of hydrogen-bond acceptors (Lipinski definition) is 5. The molecule has 2 heterocycles. The van der Waals surface area contributed by atoms with E-state index < -0.39 is 0 Å². The molecule has 2 N–H and O–H groups in total. The molecular weight excluding hydrogens is 282 g/mol. The molecule has 0 aliphatic heterocycles. The molecule has 0 saturated heterocycles. The first-order valence-electron chi connectivity index (χ1n) is 6.98. The Morgan fingerprint density at radius 2 is 1.90 bits per heavy atom. The monoisotopic (exact) mass is 299 g/mol. The number of rotatable bonds is 6. The fourth-order valence-electron chi connectivity index (χ4n) is 2.16. The van der Waals surface area contributed by atoms with E-state index in [2.05, 4.69) is 27.7 Å². The van der Waals surface area contributed by atoms with Crippen LogP contribution in [0.25, 0.3) is 0 Å². The third-order valence-electron chi connectivity index (χ3n) is 3.30. The standard InChI is InChI=1S/C16H17N3OS/c17-15(12-6-2-1-3-7-12)16-19-18-14(20-16)10-4-8-13-9-5-11-21-13/h1-3,5-7,9,11,15H,4,8,10,17H2. The number of benzene rings is 1. The second-order valence-electron chi connectivity index (χ2n) is 4.86. The Morgan fingerprint density at radius 1 is 1.05 bits per heavy atom. The van der Waals surface area contributed by atoms with Crippen molar-refractivity contribution in [3.8, 4) is 0 Å². The molecule has 1 atom stereocenters. The zero-order chi connectivity index (χ0) is 14.5. The van der Waals surface area contributed by atoms with E-state index >= 15 is 0 Å². The maximum atomic E-state index is 6.14. The summed E-state index contributed by atoms with van der Waals surface area (Å²) in [5.41, 5.74) is 7.12. The molecule has 1 unspecified atom stereocenters. The molecule has 4 nitrogen and oxygen atoms in total. The Kier molecular flexibility index (Phi) is 4.43. The Hall–Kier alpha value is -1.98. The average Bonchev–Trinajstić information content (AvgIpc) is 3.19. The molecule has 0 amide bonds. The van der Waals surface area contributed by atoms with Gasteiger partial charge in [-0.1, -0.05) is 36.4 Å². The van der Waals surface area contributed by atoms with Crippen molar-refractivity contribution in [1.82, 2.24) is 10.2 Å². The van der Waals surface area contributed by atoms with Crippen LogP contribution in [0.4, 0.5) is 0 Å². The summed E-state index contributed by atoms with van der Waals surface area (Å²) in [5.74, 6) is 1.14. The lowest BCUT2D eigenvalue weighted by Crippen LogP contribution is -2.11. The summed E-state index contributed by atoms with van der Waals surface area (Å²) in [4.78, 5) is 1.38. The number of aryl methyl sites for hydroxylation is 2. The van der Waals surface area contributed by atoms with Gasteiger partial charge in [-0.05, 0) is 29.9 Å². The van der Waals surface area contributed by atoms with Crippen molar-refractivity contribution < 1.29 is 4.42 Å². The van der Waals surface area contributed by atoms with Crippen LogP contribution in [0.5, 0.6) is 0 Å². The highest BCUT2D eigenvalue weighted by atomic mass is 32.1. The van der Waals surface area contributed by atoms with Crippen molar-refractivity contribution in [3.63, 3.8) is 0 Å². The second kappa shape index (κ2) is 6.65. The van der Waals surface area contributed by atoms with Crippen molar-refractivity contribution in [2.45, 2.75) is 25.3 Å². The molecule has 3 rings (SSSR count). The summed E-state index contributed by atoms with van der Waals surface area (Å²) >= 11 is 1.78. The molecule has 0 fully saturated rings. The van der Waals surface area contributed by atoms with Gasteiger partial charge in [-0.3, -0.25) is 0 Å². The number of thiophene rings is 1. The van der Waals surface area contributed by atoms with Crippen molar-refractivity contribution in [2.75, 3.05) is 0 Å². The average molecular weight is 299 g/mol. The minimum Gasteiger partial charge on any atom is -0.423 e. The third kappa shape index (κ3) is 3.56. The topological polar surface area (TPSA) is 64.9 Å². The van der Waals surface area contributed by atoms with E-state index in [0.717, 1.165) is 24.8 Å². The normalized spacial score (nSPS) is 12.4. The van der Waals surface area contributed by atoms with Gasteiger partial charge >= 0.3 is 0 Å². The highest BCUT2D eigenvalue weighted by Crippen LogP contribution is 2.19. The number of nitrogens with two attached hydrogens (primary N) is 1. The van der Waals surface area contributed by atoms with E-state index in [1.54, 1.807) is 11.3 Å². The Morgan fingerprint density at radius 3 is 2.67 bits per heavy atom. The van der Waals surface area contributed by atoms with E-state index in [9.17, 15) is 0 Å². The molecule has 0 spiro atoms. The Bertz CT molecular complexity index is 664. The minimum absolute atomic E-state index is 0.357. The molecule has 21 heavy (non-hydrogen) atoms. The van der Waals surface area contributed by atoms with Crippen LogP contribution in [0.3, 0.4) is 0 Å². The summed E-state index contributed by atoms with van der Waals surface area (Å²) in [7, 11) is 0. The first kappa shape index (κ1) is 14.0. The molecule has 108 valence electrons. The van der Waals surface area contributed by atoms with Gasteiger partial charge in [0.15, 0.2) is 0 Å². The summed E-state index contributed by atoms with van der Waals surface area (Å²) in [5, 5.41) is 10.3. The number of nitrogens with zero attached hydrogens (tertiary/aromatic N) is 2. The molecule has 1 aromatic carbocycles. The highest BCUT2D eigenvalue weighted by Gasteiger charge is 2.16. The molecule has 2 aromatic heterocycles. The number of hydrogen-bond donors (Lipinski definition) is 1. The highest BCUT2D eigenvalue weighted by molar-refractivity contribution is 7.09. The molecule has 0 saturated carbocycles. The van der Waals surface area contributed by atoms with E-state index in [1.165, 1.54) is 4.88 Å². The SMILES string of the molecule is NC(c1ccccc1)c1nnc(CCCc2cccs2)o1. The van der Waals surface area contributed by atoms with Crippen LogP contribution >= 0.6 is 11.3 Å². The lowest BCUT2D eigenvalue weighted by Gasteiger charge is -2.06. The van der Waals surface area contributed by atoms with Crippen LogP contribution in [0.1, 0.15) is 34.7 Å². The third-order valence-corrected chi connectivity index (χ3v) is 4.24. The van der Waals surface area contributed by atoms with Gasteiger partial charge in [0, 0.05) is 11.3 Å². The maximum Gasteiger partial charge on any atom is 0.237 e. The zero-order valence-corrected chi connectivity index (χ0v) is 12.4. The molecule has 0 aliphatic rings. The lowest BCUT2D eigenvalue weighted by molar-refractivity contribution is 0.430. The van der Waals surface area contributed by atoms with Gasteiger partial charge in [-0.25, -0.2) is 0 Å². The quantitative estimate of drug-likeness (QED) is 0.758. The van der Waals surface area contributed by atoms with Crippen LogP contribution < -0.4 is 5.73 Å². The second-order valence-corrected chi connectivity index (χ2v) is 5.89. The molecule has 0 bridgehead atoms. The summed E-state index contributed by atoms with van der Waals surface area (Å²) < 4.78 is 5.68. The van der Waals surface area contributed by atoms with Crippen LogP contribution in [-0.2, 0) is 12.8 Å². The molecular formula is C16H17N3OS. The van der Waals surface area contributed by atoms with Crippen LogP contribution in [0, 0.1) is 0 Å². The Balaban J connectivity index is 1.58. The van der Waals surface area contributed by atoms with Gasteiger partial charge < -0.3 is 10.2 Å². The van der Waals surface area contributed by atoms with E-state index in [0.29, 0.717) is 11.8 Å². The number of aromatic nitrogens is 2. The molecule has 0 radical (unpaired) electrons. The Labute approximate surface area is 127 Å². The lowest BCUT2D eigenvalue weighted by atomic mass is 10.1. The van der Waals surface area contributed by atoms with Gasteiger partial charge in [0.25, 0.3) is 0 Å². The van der Waals surface area contributed by atoms with Gasteiger partial charge in [0.2, 0.25) is 11.8 Å². The molecule has 3 aromatic rings. The van der Waals surface area contributed by atoms with Gasteiger partial charge in [-0.2, -0.15) is 0 Å². The maximum absolute atomic E-state index is 6.14. The molecule has 5 heteroatoms. The fourth-order valence-corrected chi connectivity index (χ4v) is 2.92. The van der Waals surface area contributed by atoms with Crippen molar-refractivity contribution in [2.24, 2.45) is 5.73 Å². The first-order valence-corrected chi connectivity index (χ1v) is 7.86. The van der Waals surface area contributed by atoms with E-state index in [1.807, 2.05) is 30.3 Å². The minimum atomic E-state index is -0.357. The summed E-state index contributed by atoms with van der Waals surface area (Å²) in [6.45, 7) is 0. The van der Waals surface area contributed by atoms with Crippen molar-refractivity contribution >= 4 is 11.3 Å². The van der Waals surface area contributed by atoms with Crippen molar-refractivity contribution in [1.29, 1.82) is 0 Å². The van der Waals surface area contributed by atoms with Crippen molar-refractivity contribution in [3.05, 3.63) is 70.1 Å². The zero-order valence-electron chi connectivity index (χ0n) is 11.6. The van der Waals surface area contributed by atoms with Crippen LogP contribution in [0.15, 0.2) is 52.3 Å². The predicted octanol–water partition coefficient (Wildman–Crippen LogP) is 3.35. The molecule has 0 aliphatic carbocycles. The fraction of sp³-hybridized carbons (Fsp3) is 0.250. The summed E-state index contributed by atoms with van der Waals surface area (Å²) in [6.07, 6.45) is 2.83. The van der Waals surface area contributed by atoms with Gasteiger partial charge in [0.05, 0.1) is 0 Å². The van der Waals surface area contributed by atoms with E-state index in [-0.39, 0.29) is 6.04 Å². The summed E-state index contributed by atoms with van der Waals surface area (Å²) in [6, 6.07) is 13.7. The first-order chi connectivity index (χ1) is 10.3. The predicted molar refractivity (Wildman–Crippen MR) is 83.1 cm³/mol.